The topological polar surface area (TPSA) is 34.1 Å². The average Bonchev–Trinajstić information content (AvgIpc) is 2.73. The van der Waals surface area contributed by atoms with Crippen LogP contribution in [0.25, 0.3) is 0 Å². The molecule has 0 amide bonds. The summed E-state index contributed by atoms with van der Waals surface area (Å²) < 4.78 is 5.79. The molecule has 0 spiro atoms. The maximum atomic E-state index is 5.79. The van der Waals surface area contributed by atoms with Crippen molar-refractivity contribution < 1.29 is 4.74 Å². The summed E-state index contributed by atoms with van der Waals surface area (Å²) >= 11 is 1.85. The zero-order valence-electron chi connectivity index (χ0n) is 13.5. The minimum Gasteiger partial charge on any atom is -0.371 e. The Hall–Kier alpha value is -0.450. The van der Waals surface area contributed by atoms with Crippen molar-refractivity contribution in [3.8, 4) is 0 Å². The van der Waals surface area contributed by atoms with Crippen LogP contribution in [0.1, 0.15) is 69.0 Å². The largest absolute Gasteiger partial charge is 0.371 e. The molecule has 4 heteroatoms. The minimum atomic E-state index is -0.0896. The van der Waals surface area contributed by atoms with E-state index in [1.807, 2.05) is 18.4 Å². The Kier molecular flexibility index (Phi) is 4.88. The highest BCUT2D eigenvalue weighted by Crippen LogP contribution is 2.47. The van der Waals surface area contributed by atoms with Crippen molar-refractivity contribution in [3.05, 3.63) is 15.6 Å². The Morgan fingerprint density at radius 3 is 2.50 bits per heavy atom. The van der Waals surface area contributed by atoms with Gasteiger partial charge in [0.05, 0.1) is 5.69 Å². The third-order valence-corrected chi connectivity index (χ3v) is 5.30. The van der Waals surface area contributed by atoms with Gasteiger partial charge in [-0.25, -0.2) is 4.98 Å². The molecule has 1 aromatic rings. The first-order chi connectivity index (χ1) is 9.43. The van der Waals surface area contributed by atoms with Gasteiger partial charge in [0, 0.05) is 23.9 Å². The molecule has 1 aliphatic rings. The van der Waals surface area contributed by atoms with Crippen molar-refractivity contribution in [2.75, 3.05) is 13.7 Å². The van der Waals surface area contributed by atoms with Crippen LogP contribution in [0.3, 0.4) is 0 Å². The number of nitrogens with zero attached hydrogens (tertiary/aromatic N) is 1. The van der Waals surface area contributed by atoms with Crippen molar-refractivity contribution in [2.24, 2.45) is 0 Å². The van der Waals surface area contributed by atoms with Crippen LogP contribution >= 0.6 is 11.3 Å². The lowest BCUT2D eigenvalue weighted by atomic mass is 9.80. The maximum absolute atomic E-state index is 5.79. The van der Waals surface area contributed by atoms with Crippen molar-refractivity contribution in [1.82, 2.24) is 10.3 Å². The van der Waals surface area contributed by atoms with Gasteiger partial charge in [-0.1, -0.05) is 27.7 Å². The first-order valence-electron chi connectivity index (χ1n) is 7.69. The quantitative estimate of drug-likeness (QED) is 0.807. The highest BCUT2D eigenvalue weighted by atomic mass is 32.1. The number of methoxy groups -OCH3 is 1. The van der Waals surface area contributed by atoms with Gasteiger partial charge < -0.3 is 10.1 Å². The fraction of sp³-hybridized carbons (Fsp3) is 0.812. The van der Waals surface area contributed by atoms with E-state index in [-0.39, 0.29) is 11.0 Å². The summed E-state index contributed by atoms with van der Waals surface area (Å²) in [6.07, 6.45) is 4.64. The van der Waals surface area contributed by atoms with Crippen molar-refractivity contribution in [1.29, 1.82) is 0 Å². The van der Waals surface area contributed by atoms with Gasteiger partial charge in [-0.3, -0.25) is 0 Å². The summed E-state index contributed by atoms with van der Waals surface area (Å²) in [5, 5.41) is 4.70. The van der Waals surface area contributed by atoms with Crippen LogP contribution in [0.4, 0.5) is 0 Å². The summed E-state index contributed by atoms with van der Waals surface area (Å²) in [5.74, 6) is 0. The van der Waals surface area contributed by atoms with Crippen LogP contribution in [-0.2, 0) is 22.3 Å². The van der Waals surface area contributed by atoms with Crippen LogP contribution in [0.15, 0.2) is 0 Å². The molecule has 3 nitrogen and oxygen atoms in total. The molecule has 1 heterocycles. The number of aromatic nitrogens is 1. The van der Waals surface area contributed by atoms with Gasteiger partial charge in [0.15, 0.2) is 0 Å². The lowest BCUT2D eigenvalue weighted by molar-refractivity contribution is -0.0780. The second kappa shape index (κ2) is 6.12. The van der Waals surface area contributed by atoms with E-state index >= 15 is 0 Å². The molecule has 114 valence electrons. The molecule has 0 saturated heterocycles. The van der Waals surface area contributed by atoms with E-state index in [0.29, 0.717) is 0 Å². The van der Waals surface area contributed by atoms with E-state index in [1.54, 1.807) is 0 Å². The second-order valence-corrected chi connectivity index (χ2v) is 7.85. The summed E-state index contributed by atoms with van der Waals surface area (Å²) in [6, 6.07) is 0. The van der Waals surface area contributed by atoms with Crippen LogP contribution in [0.5, 0.6) is 0 Å². The molecule has 0 aliphatic heterocycles. The summed E-state index contributed by atoms with van der Waals surface area (Å²) in [7, 11) is 1.83. The smallest absolute Gasteiger partial charge is 0.125 e. The molecular weight excluding hydrogens is 268 g/mol. The van der Waals surface area contributed by atoms with Crippen LogP contribution in [-0.4, -0.2) is 18.6 Å². The molecule has 1 aliphatic carbocycles. The van der Waals surface area contributed by atoms with Gasteiger partial charge in [-0.2, -0.15) is 0 Å². The predicted octanol–water partition coefficient (Wildman–Crippen LogP) is 3.97. The van der Waals surface area contributed by atoms with E-state index < -0.39 is 0 Å². The molecule has 0 unspecified atom stereocenters. The van der Waals surface area contributed by atoms with Gasteiger partial charge >= 0.3 is 0 Å². The molecule has 0 aromatic carbocycles. The van der Waals surface area contributed by atoms with Gasteiger partial charge in [0.2, 0.25) is 0 Å². The van der Waals surface area contributed by atoms with Gasteiger partial charge in [-0.05, 0) is 32.2 Å². The van der Waals surface area contributed by atoms with Gasteiger partial charge in [0.25, 0.3) is 0 Å². The first kappa shape index (κ1) is 15.9. The molecule has 20 heavy (non-hydrogen) atoms. The summed E-state index contributed by atoms with van der Waals surface area (Å²) in [4.78, 5) is 6.36. The van der Waals surface area contributed by atoms with Crippen molar-refractivity contribution in [2.45, 2.75) is 70.9 Å². The van der Waals surface area contributed by atoms with E-state index in [2.05, 4.69) is 33.0 Å². The number of thiazole rings is 1. The Labute approximate surface area is 127 Å². The normalized spacial score (nSPS) is 18.1. The third-order valence-electron chi connectivity index (χ3n) is 4.06. The molecule has 1 N–H and O–H groups in total. The van der Waals surface area contributed by atoms with Crippen LogP contribution in [0.2, 0.25) is 0 Å². The zero-order valence-corrected chi connectivity index (χ0v) is 14.3. The number of nitrogens with one attached hydrogen (secondary N) is 1. The minimum absolute atomic E-state index is 0.0896. The lowest BCUT2D eigenvalue weighted by Gasteiger charge is -2.38. The number of hydrogen-bond acceptors (Lipinski definition) is 4. The molecule has 0 radical (unpaired) electrons. The maximum Gasteiger partial charge on any atom is 0.125 e. The Bertz CT molecular complexity index is 438. The SMILES string of the molecule is CCCNCc1sc(C2(OC)CCC2)nc1C(C)(C)C. The third kappa shape index (κ3) is 3.07. The average molecular weight is 296 g/mol. The molecular formula is C16H28N2OS. The molecule has 1 saturated carbocycles. The first-order valence-corrected chi connectivity index (χ1v) is 8.51. The van der Waals surface area contributed by atoms with Crippen LogP contribution < -0.4 is 5.32 Å². The Balaban J connectivity index is 2.27. The molecule has 0 bridgehead atoms. The van der Waals surface area contributed by atoms with Crippen molar-refractivity contribution in [3.63, 3.8) is 0 Å². The zero-order chi connectivity index (χ0) is 14.8. The molecule has 0 atom stereocenters. The second-order valence-electron chi connectivity index (χ2n) is 6.77. The Morgan fingerprint density at radius 2 is 2.05 bits per heavy atom. The molecule has 1 aromatic heterocycles. The predicted molar refractivity (Wildman–Crippen MR) is 85.3 cm³/mol. The van der Waals surface area contributed by atoms with Crippen molar-refractivity contribution >= 4 is 11.3 Å². The van der Waals surface area contributed by atoms with Gasteiger partial charge in [-0.15, -0.1) is 11.3 Å². The fourth-order valence-corrected chi connectivity index (χ4v) is 4.10. The van der Waals surface area contributed by atoms with E-state index in [4.69, 9.17) is 9.72 Å². The molecule has 2 rings (SSSR count). The number of ether oxygens (including phenoxy) is 1. The highest BCUT2D eigenvalue weighted by molar-refractivity contribution is 7.11. The number of hydrogen-bond donors (Lipinski definition) is 1. The van der Waals surface area contributed by atoms with Gasteiger partial charge in [0.1, 0.15) is 10.6 Å². The summed E-state index contributed by atoms with van der Waals surface area (Å²) in [5.41, 5.74) is 1.24. The standard InChI is InChI=1S/C16H28N2OS/c1-6-10-17-11-12-13(15(2,3)4)18-14(20-12)16(19-5)8-7-9-16/h17H,6-11H2,1-5H3. The van der Waals surface area contributed by atoms with Crippen LogP contribution in [0, 0.1) is 0 Å². The highest BCUT2D eigenvalue weighted by Gasteiger charge is 2.42. The van der Waals surface area contributed by atoms with E-state index in [0.717, 1.165) is 25.9 Å². The fourth-order valence-electron chi connectivity index (χ4n) is 2.63. The van der Waals surface area contributed by atoms with E-state index in [1.165, 1.54) is 28.4 Å². The van der Waals surface area contributed by atoms with E-state index in [9.17, 15) is 0 Å². The lowest BCUT2D eigenvalue weighted by Crippen LogP contribution is -2.36. The Morgan fingerprint density at radius 1 is 1.35 bits per heavy atom. The molecule has 1 fully saturated rings. The number of rotatable bonds is 6. The summed E-state index contributed by atoms with van der Waals surface area (Å²) in [6.45, 7) is 10.9. The monoisotopic (exact) mass is 296 g/mol.